The van der Waals surface area contributed by atoms with Gasteiger partial charge >= 0.3 is 0 Å². The average molecular weight is 303 g/mol. The van der Waals surface area contributed by atoms with Crippen molar-refractivity contribution in [3.63, 3.8) is 0 Å². The van der Waals surface area contributed by atoms with Crippen LogP contribution in [-0.4, -0.2) is 30.6 Å². The van der Waals surface area contributed by atoms with Gasteiger partial charge in [-0.15, -0.1) is 0 Å². The highest BCUT2D eigenvalue weighted by molar-refractivity contribution is 6.33. The van der Waals surface area contributed by atoms with E-state index in [2.05, 4.69) is 16.3 Å². The van der Waals surface area contributed by atoms with Crippen LogP contribution in [0.1, 0.15) is 12.2 Å². The number of benzene rings is 1. The molecule has 0 amide bonds. The summed E-state index contributed by atoms with van der Waals surface area (Å²) in [6.45, 7) is 4.36. The fourth-order valence-corrected chi connectivity index (χ4v) is 3.83. The number of furan rings is 1. The molecule has 0 saturated carbocycles. The van der Waals surface area contributed by atoms with Gasteiger partial charge in [0.2, 0.25) is 0 Å². The highest BCUT2D eigenvalue weighted by Crippen LogP contribution is 2.32. The maximum atomic E-state index is 6.23. The van der Waals surface area contributed by atoms with Crippen molar-refractivity contribution < 1.29 is 4.42 Å². The van der Waals surface area contributed by atoms with E-state index in [1.807, 2.05) is 30.3 Å². The van der Waals surface area contributed by atoms with E-state index >= 15 is 0 Å². The van der Waals surface area contributed by atoms with Gasteiger partial charge in [-0.2, -0.15) is 0 Å². The van der Waals surface area contributed by atoms with Gasteiger partial charge in [0.15, 0.2) is 0 Å². The minimum atomic E-state index is 0.680. The van der Waals surface area contributed by atoms with Crippen molar-refractivity contribution in [3.05, 3.63) is 47.2 Å². The lowest BCUT2D eigenvalue weighted by molar-refractivity contribution is 0.225. The molecule has 1 aromatic heterocycles. The van der Waals surface area contributed by atoms with Gasteiger partial charge in [0.25, 0.3) is 0 Å². The Hall–Kier alpha value is -1.29. The van der Waals surface area contributed by atoms with E-state index in [0.717, 1.165) is 41.1 Å². The van der Waals surface area contributed by atoms with Crippen LogP contribution in [0, 0.1) is 5.92 Å². The van der Waals surface area contributed by atoms with Crippen LogP contribution in [0.2, 0.25) is 5.02 Å². The standard InChI is InChI=1S/C17H19ClN2O/c18-15-4-2-1-3-14(15)17-6-5-13(21-17)11-20-8-7-12-9-19-10-16(12)20/h1-6,12,16,19H,7-11H2/t12-,16+/m0/s1. The van der Waals surface area contributed by atoms with Crippen molar-refractivity contribution in [1.29, 1.82) is 0 Å². The minimum Gasteiger partial charge on any atom is -0.460 e. The van der Waals surface area contributed by atoms with E-state index in [4.69, 9.17) is 16.0 Å². The van der Waals surface area contributed by atoms with E-state index in [1.165, 1.54) is 19.5 Å². The first kappa shape index (κ1) is 13.4. The van der Waals surface area contributed by atoms with Crippen molar-refractivity contribution in [3.8, 4) is 11.3 Å². The first-order chi connectivity index (χ1) is 10.3. The van der Waals surface area contributed by atoms with Gasteiger partial charge in [-0.1, -0.05) is 23.7 Å². The van der Waals surface area contributed by atoms with Crippen LogP contribution in [0.5, 0.6) is 0 Å². The Labute approximate surface area is 129 Å². The van der Waals surface area contributed by atoms with Gasteiger partial charge in [-0.25, -0.2) is 0 Å². The molecule has 3 nitrogen and oxygen atoms in total. The van der Waals surface area contributed by atoms with Crippen molar-refractivity contribution in [2.45, 2.75) is 19.0 Å². The Morgan fingerprint density at radius 2 is 2.10 bits per heavy atom. The second kappa shape index (κ2) is 5.48. The molecule has 0 unspecified atom stereocenters. The normalized spacial score (nSPS) is 25.4. The molecule has 2 aromatic rings. The number of hydrogen-bond donors (Lipinski definition) is 1. The topological polar surface area (TPSA) is 28.4 Å². The minimum absolute atomic E-state index is 0.680. The molecule has 21 heavy (non-hydrogen) atoms. The van der Waals surface area contributed by atoms with Crippen LogP contribution in [0.25, 0.3) is 11.3 Å². The Morgan fingerprint density at radius 3 is 3.00 bits per heavy atom. The molecule has 2 aliphatic heterocycles. The maximum Gasteiger partial charge on any atom is 0.135 e. The van der Waals surface area contributed by atoms with Crippen LogP contribution in [0.3, 0.4) is 0 Å². The summed E-state index contributed by atoms with van der Waals surface area (Å²) in [6, 6.07) is 12.6. The lowest BCUT2D eigenvalue weighted by Crippen LogP contribution is -2.33. The summed E-state index contributed by atoms with van der Waals surface area (Å²) in [6.07, 6.45) is 1.30. The summed E-state index contributed by atoms with van der Waals surface area (Å²) in [5.74, 6) is 2.70. The summed E-state index contributed by atoms with van der Waals surface area (Å²) >= 11 is 6.23. The quantitative estimate of drug-likeness (QED) is 0.942. The average Bonchev–Trinajstić information content (AvgIpc) is 3.18. The fraction of sp³-hybridized carbons (Fsp3) is 0.412. The lowest BCUT2D eigenvalue weighted by atomic mass is 10.1. The number of nitrogens with zero attached hydrogens (tertiary/aromatic N) is 1. The molecule has 0 spiro atoms. The van der Waals surface area contributed by atoms with Crippen LogP contribution >= 0.6 is 11.6 Å². The van der Waals surface area contributed by atoms with Crippen LogP contribution in [0.4, 0.5) is 0 Å². The van der Waals surface area contributed by atoms with E-state index in [9.17, 15) is 0 Å². The highest BCUT2D eigenvalue weighted by Gasteiger charge is 2.37. The Morgan fingerprint density at radius 1 is 1.19 bits per heavy atom. The molecule has 2 saturated heterocycles. The van der Waals surface area contributed by atoms with E-state index < -0.39 is 0 Å². The molecule has 1 aromatic carbocycles. The highest BCUT2D eigenvalue weighted by atomic mass is 35.5. The zero-order chi connectivity index (χ0) is 14.2. The summed E-state index contributed by atoms with van der Waals surface area (Å²) < 4.78 is 6.01. The predicted octanol–water partition coefficient (Wildman–Crippen LogP) is 3.39. The lowest BCUT2D eigenvalue weighted by Gasteiger charge is -2.21. The van der Waals surface area contributed by atoms with Gasteiger partial charge in [-0.05, 0) is 49.7 Å². The molecule has 0 aliphatic carbocycles. The molecule has 4 rings (SSSR count). The Bertz CT molecular complexity index is 639. The molecule has 2 atom stereocenters. The first-order valence-electron chi connectivity index (χ1n) is 7.59. The number of likely N-dealkylation sites (tertiary alicyclic amines) is 1. The monoisotopic (exact) mass is 302 g/mol. The van der Waals surface area contributed by atoms with Crippen molar-refractivity contribution in [1.82, 2.24) is 10.2 Å². The van der Waals surface area contributed by atoms with Crippen LogP contribution < -0.4 is 5.32 Å². The molecule has 2 aliphatic rings. The predicted molar refractivity (Wildman–Crippen MR) is 84.3 cm³/mol. The zero-order valence-corrected chi connectivity index (χ0v) is 12.6. The first-order valence-corrected chi connectivity index (χ1v) is 7.97. The Kier molecular flexibility index (Phi) is 3.49. The SMILES string of the molecule is Clc1ccccc1-c1ccc(CN2CC[C@H]3CNC[C@H]32)o1. The number of hydrogen-bond acceptors (Lipinski definition) is 3. The third-order valence-corrected chi connectivity index (χ3v) is 5.05. The smallest absolute Gasteiger partial charge is 0.135 e. The van der Waals surface area contributed by atoms with Crippen LogP contribution in [-0.2, 0) is 6.54 Å². The van der Waals surface area contributed by atoms with Crippen molar-refractivity contribution in [2.24, 2.45) is 5.92 Å². The number of nitrogens with one attached hydrogen (secondary N) is 1. The van der Waals surface area contributed by atoms with Crippen molar-refractivity contribution >= 4 is 11.6 Å². The molecule has 0 radical (unpaired) electrons. The fourth-order valence-electron chi connectivity index (χ4n) is 3.60. The largest absolute Gasteiger partial charge is 0.460 e. The van der Waals surface area contributed by atoms with Gasteiger partial charge in [0.1, 0.15) is 11.5 Å². The van der Waals surface area contributed by atoms with E-state index in [0.29, 0.717) is 6.04 Å². The zero-order valence-electron chi connectivity index (χ0n) is 11.9. The Balaban J connectivity index is 1.51. The van der Waals surface area contributed by atoms with Crippen molar-refractivity contribution in [2.75, 3.05) is 19.6 Å². The molecule has 1 N–H and O–H groups in total. The number of halogens is 1. The summed E-state index contributed by atoms with van der Waals surface area (Å²) in [4.78, 5) is 2.54. The third-order valence-electron chi connectivity index (χ3n) is 4.72. The molecule has 4 heteroatoms. The second-order valence-corrected chi connectivity index (χ2v) is 6.40. The number of fused-ring (bicyclic) bond motifs is 1. The maximum absolute atomic E-state index is 6.23. The van der Waals surface area contributed by atoms with Gasteiger partial charge in [0.05, 0.1) is 11.6 Å². The summed E-state index contributed by atoms with van der Waals surface area (Å²) in [7, 11) is 0. The van der Waals surface area contributed by atoms with Crippen LogP contribution in [0.15, 0.2) is 40.8 Å². The molecule has 0 bridgehead atoms. The summed E-state index contributed by atoms with van der Waals surface area (Å²) in [5, 5.41) is 4.22. The molecule has 2 fully saturated rings. The molecule has 3 heterocycles. The van der Waals surface area contributed by atoms with E-state index in [1.54, 1.807) is 0 Å². The van der Waals surface area contributed by atoms with E-state index in [-0.39, 0.29) is 0 Å². The van der Waals surface area contributed by atoms with Gasteiger partial charge in [-0.3, -0.25) is 4.90 Å². The van der Waals surface area contributed by atoms with Gasteiger partial charge in [0, 0.05) is 18.2 Å². The number of rotatable bonds is 3. The molecular weight excluding hydrogens is 284 g/mol. The van der Waals surface area contributed by atoms with Gasteiger partial charge < -0.3 is 9.73 Å². The summed E-state index contributed by atoms with van der Waals surface area (Å²) in [5.41, 5.74) is 0.965. The third kappa shape index (κ3) is 2.50. The molecule has 110 valence electrons. The second-order valence-electron chi connectivity index (χ2n) is 5.99. The molecular formula is C17H19ClN2O.